The lowest BCUT2D eigenvalue weighted by molar-refractivity contribution is 0.0558. The molecule has 0 radical (unpaired) electrons. The average molecular weight is 393 g/mol. The summed E-state index contributed by atoms with van der Waals surface area (Å²) in [5.74, 6) is -1.45. The van der Waals surface area contributed by atoms with Gasteiger partial charge in [-0.1, -0.05) is 24.3 Å². The summed E-state index contributed by atoms with van der Waals surface area (Å²) in [5, 5.41) is 5.15. The molecule has 0 saturated carbocycles. The van der Waals surface area contributed by atoms with Crippen LogP contribution in [0.1, 0.15) is 41.4 Å². The van der Waals surface area contributed by atoms with E-state index in [0.29, 0.717) is 48.4 Å². The smallest absolute Gasteiger partial charge is 0.276 e. The van der Waals surface area contributed by atoms with Crippen LogP contribution in [0.15, 0.2) is 48.5 Å². The van der Waals surface area contributed by atoms with Gasteiger partial charge in [-0.15, -0.1) is 0 Å². The Morgan fingerprint density at radius 1 is 0.517 bits per heavy atom. The number of carbonyl (C=O) groups is 4. The first-order valence-corrected chi connectivity index (χ1v) is 9.23. The largest absolute Gasteiger partial charge is 0.314 e. The molecule has 2 aromatic carbocycles. The number of imide groups is 2. The first-order chi connectivity index (χ1) is 14.1. The summed E-state index contributed by atoms with van der Waals surface area (Å²) in [6.07, 6.45) is 0. The van der Waals surface area contributed by atoms with Crippen molar-refractivity contribution in [3.05, 3.63) is 70.8 Å². The van der Waals surface area contributed by atoms with Crippen LogP contribution >= 0.6 is 0 Å². The molecule has 9 heteroatoms. The van der Waals surface area contributed by atoms with Crippen molar-refractivity contribution in [1.82, 2.24) is 26.2 Å². The number of amides is 4. The van der Waals surface area contributed by atoms with Crippen molar-refractivity contribution < 1.29 is 19.2 Å². The van der Waals surface area contributed by atoms with Crippen molar-refractivity contribution in [2.24, 2.45) is 0 Å². The molecule has 9 nitrogen and oxygen atoms in total. The molecule has 2 aliphatic heterocycles. The van der Waals surface area contributed by atoms with Crippen molar-refractivity contribution >= 4 is 23.6 Å². The molecule has 0 unspecified atom stereocenters. The number of hydrogen-bond donors (Lipinski definition) is 3. The monoisotopic (exact) mass is 393 g/mol. The fourth-order valence-corrected chi connectivity index (χ4v) is 3.30. The summed E-state index contributed by atoms with van der Waals surface area (Å²) < 4.78 is 0. The van der Waals surface area contributed by atoms with Gasteiger partial charge in [0.2, 0.25) is 0 Å². The van der Waals surface area contributed by atoms with E-state index >= 15 is 0 Å². The molecule has 0 atom stereocenters. The summed E-state index contributed by atoms with van der Waals surface area (Å²) in [4.78, 5) is 48.9. The van der Waals surface area contributed by atoms with Crippen LogP contribution in [0, 0.1) is 0 Å². The van der Waals surface area contributed by atoms with Gasteiger partial charge in [-0.2, -0.15) is 0 Å². The summed E-state index contributed by atoms with van der Waals surface area (Å²) in [7, 11) is 0. The van der Waals surface area contributed by atoms with E-state index in [2.05, 4.69) is 16.2 Å². The predicted octanol–water partition coefficient (Wildman–Crippen LogP) is 0.178. The minimum Gasteiger partial charge on any atom is -0.314 e. The average Bonchev–Trinajstić information content (AvgIpc) is 3.13. The van der Waals surface area contributed by atoms with Crippen LogP contribution in [-0.4, -0.2) is 59.8 Å². The zero-order chi connectivity index (χ0) is 20.4. The number of hydrazine groups is 2. The van der Waals surface area contributed by atoms with Crippen molar-refractivity contribution in [2.75, 3.05) is 26.2 Å². The first-order valence-electron chi connectivity index (χ1n) is 9.23. The Labute approximate surface area is 166 Å². The van der Waals surface area contributed by atoms with E-state index in [4.69, 9.17) is 0 Å². The molecule has 0 aromatic heterocycles. The van der Waals surface area contributed by atoms with Crippen molar-refractivity contribution in [3.63, 3.8) is 0 Å². The predicted molar refractivity (Wildman–Crippen MR) is 103 cm³/mol. The van der Waals surface area contributed by atoms with Crippen molar-refractivity contribution in [3.8, 4) is 0 Å². The number of hydrogen-bond acceptors (Lipinski definition) is 7. The highest BCUT2D eigenvalue weighted by molar-refractivity contribution is 6.21. The molecule has 0 bridgehead atoms. The maximum absolute atomic E-state index is 12.2. The third kappa shape index (κ3) is 3.42. The highest BCUT2D eigenvalue weighted by Gasteiger charge is 2.36. The lowest BCUT2D eigenvalue weighted by atomic mass is 10.1. The Kier molecular flexibility index (Phi) is 5.17. The van der Waals surface area contributed by atoms with Crippen LogP contribution in [0.3, 0.4) is 0 Å². The van der Waals surface area contributed by atoms with E-state index in [1.807, 2.05) is 0 Å². The fourth-order valence-electron chi connectivity index (χ4n) is 3.30. The summed E-state index contributed by atoms with van der Waals surface area (Å²) in [6, 6.07) is 13.4. The number of carbonyl (C=O) groups excluding carboxylic acids is 4. The molecule has 3 N–H and O–H groups in total. The second kappa shape index (κ2) is 7.92. The van der Waals surface area contributed by atoms with E-state index < -0.39 is 0 Å². The molecular weight excluding hydrogens is 374 g/mol. The minimum atomic E-state index is -0.363. The van der Waals surface area contributed by atoms with Crippen LogP contribution < -0.4 is 16.2 Å². The van der Waals surface area contributed by atoms with E-state index in [9.17, 15) is 19.2 Å². The third-order valence-electron chi connectivity index (χ3n) is 4.73. The van der Waals surface area contributed by atoms with Crippen LogP contribution in [0.25, 0.3) is 0 Å². The molecule has 2 aromatic rings. The number of fused-ring (bicyclic) bond motifs is 2. The minimum absolute atomic E-state index is 0.360. The zero-order valence-corrected chi connectivity index (χ0v) is 15.5. The standard InChI is InChI=1S/C20H19N5O4/c26-17-13-5-1-2-6-14(13)18(27)24(17)22-11-9-21-10-12-23-25-19(28)15-7-3-4-8-16(15)20(25)29/h1-8,21-23H,9-12H2. The Morgan fingerprint density at radius 3 is 1.14 bits per heavy atom. The van der Waals surface area contributed by atoms with Crippen LogP contribution in [0.2, 0.25) is 0 Å². The van der Waals surface area contributed by atoms with Crippen molar-refractivity contribution in [2.45, 2.75) is 0 Å². The summed E-state index contributed by atoms with van der Waals surface area (Å²) in [5.41, 5.74) is 7.20. The highest BCUT2D eigenvalue weighted by Crippen LogP contribution is 2.21. The number of rotatable bonds is 8. The lowest BCUT2D eigenvalue weighted by Gasteiger charge is -2.17. The topological polar surface area (TPSA) is 111 Å². The van der Waals surface area contributed by atoms with Gasteiger partial charge in [-0.05, 0) is 24.3 Å². The van der Waals surface area contributed by atoms with E-state index in [1.165, 1.54) is 0 Å². The van der Waals surface area contributed by atoms with Gasteiger partial charge < -0.3 is 5.32 Å². The second-order valence-corrected chi connectivity index (χ2v) is 6.55. The van der Waals surface area contributed by atoms with Gasteiger partial charge in [-0.3, -0.25) is 19.2 Å². The molecule has 2 aliphatic rings. The molecule has 0 spiro atoms. The van der Waals surface area contributed by atoms with Gasteiger partial charge >= 0.3 is 0 Å². The molecular formula is C20H19N5O4. The summed E-state index contributed by atoms with van der Waals surface area (Å²) >= 11 is 0. The first kappa shape index (κ1) is 18.9. The van der Waals surface area contributed by atoms with E-state index in [1.54, 1.807) is 48.5 Å². The van der Waals surface area contributed by atoms with Gasteiger partial charge in [0.05, 0.1) is 22.3 Å². The number of nitrogens with one attached hydrogen (secondary N) is 3. The Balaban J connectivity index is 1.17. The Hall–Kier alpha value is -3.40. The fraction of sp³-hybridized carbons (Fsp3) is 0.200. The van der Waals surface area contributed by atoms with Crippen molar-refractivity contribution in [1.29, 1.82) is 0 Å². The number of nitrogens with zero attached hydrogens (tertiary/aromatic N) is 2. The molecule has 4 amide bonds. The zero-order valence-electron chi connectivity index (χ0n) is 15.5. The molecule has 0 fully saturated rings. The maximum Gasteiger partial charge on any atom is 0.276 e. The normalized spacial score (nSPS) is 15.3. The second-order valence-electron chi connectivity index (χ2n) is 6.55. The molecule has 2 heterocycles. The van der Waals surface area contributed by atoms with Crippen LogP contribution in [0.5, 0.6) is 0 Å². The van der Waals surface area contributed by atoms with E-state index in [-0.39, 0.29) is 23.6 Å². The highest BCUT2D eigenvalue weighted by atomic mass is 16.2. The molecule has 4 rings (SSSR count). The molecule has 0 aliphatic carbocycles. The van der Waals surface area contributed by atoms with Gasteiger partial charge in [-0.25, -0.2) is 20.9 Å². The van der Waals surface area contributed by atoms with Gasteiger partial charge in [0.1, 0.15) is 0 Å². The molecule has 148 valence electrons. The van der Waals surface area contributed by atoms with Gasteiger partial charge in [0.15, 0.2) is 0 Å². The molecule has 29 heavy (non-hydrogen) atoms. The third-order valence-corrected chi connectivity index (χ3v) is 4.73. The molecule has 0 saturated heterocycles. The van der Waals surface area contributed by atoms with Crippen LogP contribution in [0.4, 0.5) is 0 Å². The maximum atomic E-state index is 12.2. The SMILES string of the molecule is O=C1c2ccccc2C(=O)N1NCCNCCNN1C(=O)c2ccccc2C1=O. The number of benzene rings is 2. The Bertz CT molecular complexity index is 856. The Morgan fingerprint density at radius 2 is 0.828 bits per heavy atom. The lowest BCUT2D eigenvalue weighted by Crippen LogP contribution is -2.47. The van der Waals surface area contributed by atoms with E-state index in [0.717, 1.165) is 10.0 Å². The quantitative estimate of drug-likeness (QED) is 0.433. The summed E-state index contributed by atoms with van der Waals surface area (Å²) in [6.45, 7) is 1.69. The van der Waals surface area contributed by atoms with Gasteiger partial charge in [0, 0.05) is 26.2 Å². The van der Waals surface area contributed by atoms with Gasteiger partial charge in [0.25, 0.3) is 23.6 Å². The van der Waals surface area contributed by atoms with Crippen LogP contribution in [-0.2, 0) is 0 Å².